The summed E-state index contributed by atoms with van der Waals surface area (Å²) in [4.78, 5) is 0.270. The zero-order valence-electron chi connectivity index (χ0n) is 15.6. The topological polar surface area (TPSA) is 55.4 Å². The Labute approximate surface area is 151 Å². The van der Waals surface area contributed by atoms with E-state index in [-0.39, 0.29) is 23.5 Å². The summed E-state index contributed by atoms with van der Waals surface area (Å²) in [5.41, 5.74) is 3.34. The lowest BCUT2D eigenvalue weighted by Crippen LogP contribution is -2.28. The first-order chi connectivity index (χ1) is 11.6. The SMILES string of the molecule is Cc1cc(C)cc(OCCNS(=O)(=O)c2ccc(C(C)(C)C)cc2)c1. The van der Waals surface area contributed by atoms with Gasteiger partial charge in [-0.3, -0.25) is 0 Å². The zero-order valence-corrected chi connectivity index (χ0v) is 16.4. The Morgan fingerprint density at radius 3 is 2.04 bits per heavy atom. The molecule has 4 nitrogen and oxygen atoms in total. The van der Waals surface area contributed by atoms with E-state index >= 15 is 0 Å². The average molecular weight is 362 g/mol. The molecule has 2 aromatic rings. The van der Waals surface area contributed by atoms with Gasteiger partial charge in [-0.2, -0.15) is 0 Å². The molecule has 5 heteroatoms. The van der Waals surface area contributed by atoms with Crippen LogP contribution in [0.3, 0.4) is 0 Å². The van der Waals surface area contributed by atoms with Crippen molar-refractivity contribution in [3.63, 3.8) is 0 Å². The van der Waals surface area contributed by atoms with Crippen molar-refractivity contribution in [1.29, 1.82) is 0 Å². The number of hydrogen-bond donors (Lipinski definition) is 1. The molecular formula is C20H27NO3S. The van der Waals surface area contributed by atoms with Gasteiger partial charge in [0.15, 0.2) is 0 Å². The van der Waals surface area contributed by atoms with Crippen molar-refractivity contribution in [1.82, 2.24) is 4.72 Å². The van der Waals surface area contributed by atoms with Crippen LogP contribution in [0.2, 0.25) is 0 Å². The van der Waals surface area contributed by atoms with Gasteiger partial charge in [0.25, 0.3) is 0 Å². The Hall–Kier alpha value is -1.85. The van der Waals surface area contributed by atoms with E-state index in [1.807, 2.05) is 38.1 Å². The van der Waals surface area contributed by atoms with Gasteiger partial charge < -0.3 is 4.74 Å². The van der Waals surface area contributed by atoms with Crippen LogP contribution in [0.15, 0.2) is 47.4 Å². The van der Waals surface area contributed by atoms with E-state index < -0.39 is 10.0 Å². The molecule has 0 radical (unpaired) electrons. The summed E-state index contributed by atoms with van der Waals surface area (Å²) in [7, 11) is -3.52. The summed E-state index contributed by atoms with van der Waals surface area (Å²) in [5, 5.41) is 0. The molecule has 0 aromatic heterocycles. The van der Waals surface area contributed by atoms with E-state index in [1.165, 1.54) is 0 Å². The highest BCUT2D eigenvalue weighted by molar-refractivity contribution is 7.89. The van der Waals surface area contributed by atoms with E-state index in [4.69, 9.17) is 4.74 Å². The molecule has 0 fully saturated rings. The molecule has 0 heterocycles. The van der Waals surface area contributed by atoms with Crippen LogP contribution in [-0.2, 0) is 15.4 Å². The molecule has 0 saturated heterocycles. The summed E-state index contributed by atoms with van der Waals surface area (Å²) >= 11 is 0. The molecule has 2 rings (SSSR count). The molecule has 136 valence electrons. The maximum atomic E-state index is 12.3. The van der Waals surface area contributed by atoms with Gasteiger partial charge in [-0.05, 0) is 60.2 Å². The van der Waals surface area contributed by atoms with Gasteiger partial charge in [-0.15, -0.1) is 0 Å². The Morgan fingerprint density at radius 2 is 1.52 bits per heavy atom. The smallest absolute Gasteiger partial charge is 0.240 e. The second-order valence-corrected chi connectivity index (χ2v) is 9.11. The molecule has 0 bridgehead atoms. The summed E-state index contributed by atoms with van der Waals surface area (Å²) in [6.07, 6.45) is 0. The third-order valence-corrected chi connectivity index (χ3v) is 5.37. The van der Waals surface area contributed by atoms with Crippen LogP contribution in [0, 0.1) is 13.8 Å². The first-order valence-corrected chi connectivity index (χ1v) is 9.87. The number of hydrogen-bond acceptors (Lipinski definition) is 3. The fourth-order valence-electron chi connectivity index (χ4n) is 2.58. The zero-order chi connectivity index (χ0) is 18.7. The highest BCUT2D eigenvalue weighted by Crippen LogP contribution is 2.23. The summed E-state index contributed by atoms with van der Waals surface area (Å²) in [5.74, 6) is 0.756. The Bertz CT molecular complexity index is 799. The molecule has 0 amide bonds. The first kappa shape index (κ1) is 19.5. The van der Waals surface area contributed by atoms with E-state index in [9.17, 15) is 8.42 Å². The van der Waals surface area contributed by atoms with Gasteiger partial charge >= 0.3 is 0 Å². The molecule has 0 spiro atoms. The van der Waals surface area contributed by atoms with Crippen LogP contribution in [0.1, 0.15) is 37.5 Å². The Morgan fingerprint density at radius 1 is 0.960 bits per heavy atom. The third-order valence-electron chi connectivity index (χ3n) is 3.89. The van der Waals surface area contributed by atoms with Gasteiger partial charge in [0.1, 0.15) is 12.4 Å². The van der Waals surface area contributed by atoms with E-state index in [2.05, 4.69) is 31.6 Å². The lowest BCUT2D eigenvalue weighted by atomic mass is 9.87. The second-order valence-electron chi connectivity index (χ2n) is 7.34. The lowest BCUT2D eigenvalue weighted by molar-refractivity contribution is 0.322. The van der Waals surface area contributed by atoms with Gasteiger partial charge in [-0.25, -0.2) is 13.1 Å². The molecule has 0 atom stereocenters. The number of ether oxygens (including phenoxy) is 1. The van der Waals surface area contributed by atoms with Crippen LogP contribution in [-0.4, -0.2) is 21.6 Å². The molecule has 0 aliphatic rings. The van der Waals surface area contributed by atoms with Crippen molar-refractivity contribution < 1.29 is 13.2 Å². The Balaban J connectivity index is 1.93. The van der Waals surface area contributed by atoms with E-state index in [0.29, 0.717) is 0 Å². The number of rotatable bonds is 6. The normalized spacial score (nSPS) is 12.2. The number of aryl methyl sites for hydroxylation is 2. The van der Waals surface area contributed by atoms with Crippen LogP contribution in [0.25, 0.3) is 0 Å². The number of nitrogens with one attached hydrogen (secondary N) is 1. The summed E-state index contributed by atoms with van der Waals surface area (Å²) in [6.45, 7) is 10.8. The van der Waals surface area contributed by atoms with E-state index in [1.54, 1.807) is 12.1 Å². The largest absolute Gasteiger partial charge is 0.492 e. The van der Waals surface area contributed by atoms with Gasteiger partial charge in [0, 0.05) is 6.54 Å². The minimum Gasteiger partial charge on any atom is -0.492 e. The Kier molecular flexibility index (Phi) is 5.91. The van der Waals surface area contributed by atoms with Crippen molar-refractivity contribution in [3.05, 3.63) is 59.2 Å². The van der Waals surface area contributed by atoms with Crippen molar-refractivity contribution in [2.75, 3.05) is 13.2 Å². The van der Waals surface area contributed by atoms with Gasteiger partial charge in [-0.1, -0.05) is 39.0 Å². The van der Waals surface area contributed by atoms with Gasteiger partial charge in [0.05, 0.1) is 4.90 Å². The second kappa shape index (κ2) is 7.58. The monoisotopic (exact) mass is 361 g/mol. The fraction of sp³-hybridized carbons (Fsp3) is 0.400. The van der Waals surface area contributed by atoms with Crippen LogP contribution in [0.4, 0.5) is 0 Å². The highest BCUT2D eigenvalue weighted by Gasteiger charge is 2.17. The van der Waals surface area contributed by atoms with Crippen LogP contribution >= 0.6 is 0 Å². The number of benzene rings is 2. The maximum absolute atomic E-state index is 12.3. The standard InChI is InChI=1S/C20H27NO3S/c1-15-12-16(2)14-18(13-15)24-11-10-21-25(22,23)19-8-6-17(7-9-19)20(3,4)5/h6-9,12-14,21H,10-11H2,1-5H3. The molecule has 0 aliphatic carbocycles. The highest BCUT2D eigenvalue weighted by atomic mass is 32.2. The minimum atomic E-state index is -3.52. The van der Waals surface area contributed by atoms with Crippen molar-refractivity contribution in [3.8, 4) is 5.75 Å². The molecule has 0 aliphatic heterocycles. The molecule has 1 N–H and O–H groups in total. The number of sulfonamides is 1. The van der Waals surface area contributed by atoms with Crippen molar-refractivity contribution in [2.45, 2.75) is 44.9 Å². The lowest BCUT2D eigenvalue weighted by Gasteiger charge is -2.19. The van der Waals surface area contributed by atoms with Crippen molar-refractivity contribution in [2.24, 2.45) is 0 Å². The predicted molar refractivity (Wildman–Crippen MR) is 102 cm³/mol. The average Bonchev–Trinajstić information content (AvgIpc) is 2.50. The van der Waals surface area contributed by atoms with Crippen LogP contribution < -0.4 is 9.46 Å². The molecule has 2 aromatic carbocycles. The van der Waals surface area contributed by atoms with Crippen LogP contribution in [0.5, 0.6) is 5.75 Å². The fourth-order valence-corrected chi connectivity index (χ4v) is 3.59. The molecule has 25 heavy (non-hydrogen) atoms. The quantitative estimate of drug-likeness (QED) is 0.793. The van der Waals surface area contributed by atoms with E-state index in [0.717, 1.165) is 22.4 Å². The molecule has 0 unspecified atom stereocenters. The minimum absolute atomic E-state index is 0.00446. The van der Waals surface area contributed by atoms with Gasteiger partial charge in [0.2, 0.25) is 10.0 Å². The molecular weight excluding hydrogens is 334 g/mol. The first-order valence-electron chi connectivity index (χ1n) is 8.39. The predicted octanol–water partition coefficient (Wildman–Crippen LogP) is 3.96. The van der Waals surface area contributed by atoms with Crippen molar-refractivity contribution >= 4 is 10.0 Å². The summed E-state index contributed by atoms with van der Waals surface area (Å²) < 4.78 is 32.9. The third kappa shape index (κ3) is 5.58. The molecule has 0 saturated carbocycles. The summed E-state index contributed by atoms with van der Waals surface area (Å²) in [6, 6.07) is 13.0. The maximum Gasteiger partial charge on any atom is 0.240 e.